The molecule has 12 heavy (non-hydrogen) atoms. The van der Waals surface area contributed by atoms with E-state index in [9.17, 15) is 0 Å². The van der Waals surface area contributed by atoms with Crippen LogP contribution in [0, 0.1) is 6.92 Å². The maximum Gasteiger partial charge on any atom is 0.127 e. The van der Waals surface area contributed by atoms with Crippen molar-refractivity contribution < 1.29 is 0 Å². The molecule has 0 unspecified atom stereocenters. The van der Waals surface area contributed by atoms with Crippen molar-refractivity contribution in [3.8, 4) is 0 Å². The van der Waals surface area contributed by atoms with Crippen molar-refractivity contribution in [1.82, 2.24) is 4.98 Å². The predicted molar refractivity (Wildman–Crippen MR) is 51.9 cm³/mol. The van der Waals surface area contributed by atoms with Gasteiger partial charge in [0, 0.05) is 11.8 Å². The van der Waals surface area contributed by atoms with E-state index in [1.54, 1.807) is 6.20 Å². The lowest BCUT2D eigenvalue weighted by molar-refractivity contribution is 1.10. The van der Waals surface area contributed by atoms with Crippen LogP contribution in [0.4, 0.5) is 5.82 Å². The fourth-order valence-electron chi connectivity index (χ4n) is 1.14. The van der Waals surface area contributed by atoms with Gasteiger partial charge in [-0.2, -0.15) is 0 Å². The van der Waals surface area contributed by atoms with Gasteiger partial charge in [0.15, 0.2) is 0 Å². The first-order chi connectivity index (χ1) is 5.61. The fourth-order valence-corrected chi connectivity index (χ4v) is 1.14. The third-order valence-corrected chi connectivity index (χ3v) is 1.80. The molecule has 0 aliphatic heterocycles. The Morgan fingerprint density at radius 1 is 1.67 bits per heavy atom. The zero-order valence-corrected chi connectivity index (χ0v) is 7.59. The number of rotatable bonds is 2. The Kier molecular flexibility index (Phi) is 2.48. The van der Waals surface area contributed by atoms with Crippen LogP contribution in [0.25, 0.3) is 0 Å². The van der Waals surface area contributed by atoms with Gasteiger partial charge in [-0.05, 0) is 31.9 Å². The summed E-state index contributed by atoms with van der Waals surface area (Å²) >= 11 is 0. The maximum absolute atomic E-state index is 5.72. The normalized spacial score (nSPS) is 9.83. The number of pyridine rings is 1. The van der Waals surface area contributed by atoms with Gasteiger partial charge in [0.1, 0.15) is 5.82 Å². The molecular weight excluding hydrogens is 148 g/mol. The Balaban J connectivity index is 3.04. The summed E-state index contributed by atoms with van der Waals surface area (Å²) < 4.78 is 0. The van der Waals surface area contributed by atoms with Crippen molar-refractivity contribution in [1.29, 1.82) is 0 Å². The van der Waals surface area contributed by atoms with Crippen LogP contribution in [0.15, 0.2) is 24.4 Å². The van der Waals surface area contributed by atoms with Crippen LogP contribution in [0.5, 0.6) is 0 Å². The van der Waals surface area contributed by atoms with Crippen LogP contribution in [-0.4, -0.2) is 4.98 Å². The summed E-state index contributed by atoms with van der Waals surface area (Å²) in [6.07, 6.45) is 2.55. The summed E-state index contributed by atoms with van der Waals surface area (Å²) in [6.45, 7) is 7.88. The molecule has 0 fully saturated rings. The first kappa shape index (κ1) is 8.78. The van der Waals surface area contributed by atoms with Crippen LogP contribution in [0.1, 0.15) is 18.1 Å². The summed E-state index contributed by atoms with van der Waals surface area (Å²) in [6, 6.07) is 1.97. The quantitative estimate of drug-likeness (QED) is 0.676. The second kappa shape index (κ2) is 3.39. The molecule has 1 aromatic rings. The first-order valence-electron chi connectivity index (χ1n) is 3.95. The highest BCUT2D eigenvalue weighted by Crippen LogP contribution is 2.16. The van der Waals surface area contributed by atoms with Gasteiger partial charge in [-0.1, -0.05) is 12.2 Å². The molecule has 2 heteroatoms. The largest absolute Gasteiger partial charge is 0.383 e. The Bertz CT molecular complexity index is 282. The monoisotopic (exact) mass is 162 g/mol. The average molecular weight is 162 g/mol. The number of aromatic nitrogens is 1. The molecule has 0 aromatic carbocycles. The van der Waals surface area contributed by atoms with Crippen molar-refractivity contribution in [3.05, 3.63) is 35.5 Å². The van der Waals surface area contributed by atoms with E-state index in [1.807, 2.05) is 19.9 Å². The molecule has 2 nitrogen and oxygen atoms in total. The van der Waals surface area contributed by atoms with E-state index in [1.165, 1.54) is 5.56 Å². The van der Waals surface area contributed by atoms with Gasteiger partial charge in [-0.15, -0.1) is 0 Å². The minimum Gasteiger partial charge on any atom is -0.383 e. The van der Waals surface area contributed by atoms with Crippen molar-refractivity contribution in [2.24, 2.45) is 0 Å². The van der Waals surface area contributed by atoms with Crippen molar-refractivity contribution in [3.63, 3.8) is 0 Å². The lowest BCUT2D eigenvalue weighted by Crippen LogP contribution is -2.00. The van der Waals surface area contributed by atoms with Gasteiger partial charge in [0.05, 0.1) is 0 Å². The summed E-state index contributed by atoms with van der Waals surface area (Å²) in [4.78, 5) is 4.03. The molecule has 0 aliphatic carbocycles. The van der Waals surface area contributed by atoms with Crippen LogP contribution >= 0.6 is 0 Å². The number of hydrogen-bond donors (Lipinski definition) is 1. The van der Waals surface area contributed by atoms with Crippen molar-refractivity contribution in [2.45, 2.75) is 20.3 Å². The van der Waals surface area contributed by atoms with E-state index in [4.69, 9.17) is 5.73 Å². The molecule has 0 atom stereocenters. The Morgan fingerprint density at radius 2 is 2.33 bits per heavy atom. The van der Waals surface area contributed by atoms with E-state index < -0.39 is 0 Å². The van der Waals surface area contributed by atoms with Crippen LogP contribution in [-0.2, 0) is 6.42 Å². The van der Waals surface area contributed by atoms with Crippen LogP contribution in [0.3, 0.4) is 0 Å². The molecule has 0 saturated carbocycles. The number of allylic oxidation sites excluding steroid dienone is 1. The van der Waals surface area contributed by atoms with E-state index in [0.717, 1.165) is 17.6 Å². The summed E-state index contributed by atoms with van der Waals surface area (Å²) in [5.74, 6) is 0.623. The minimum absolute atomic E-state index is 0.623. The number of nitrogen functional groups attached to an aromatic ring is 1. The van der Waals surface area contributed by atoms with E-state index in [0.29, 0.717) is 5.82 Å². The smallest absolute Gasteiger partial charge is 0.127 e. The molecule has 0 saturated heterocycles. The van der Waals surface area contributed by atoms with Crippen LogP contribution in [0.2, 0.25) is 0 Å². The number of aryl methyl sites for hydroxylation is 1. The molecular formula is C10H14N2. The van der Waals surface area contributed by atoms with Crippen molar-refractivity contribution >= 4 is 5.82 Å². The van der Waals surface area contributed by atoms with Crippen molar-refractivity contribution in [2.75, 3.05) is 5.73 Å². The Morgan fingerprint density at radius 3 is 2.83 bits per heavy atom. The number of nitrogens with zero attached hydrogens (tertiary/aromatic N) is 1. The number of anilines is 1. The third-order valence-electron chi connectivity index (χ3n) is 1.80. The van der Waals surface area contributed by atoms with Gasteiger partial charge >= 0.3 is 0 Å². The Labute approximate surface area is 73.1 Å². The second-order valence-corrected chi connectivity index (χ2v) is 3.13. The highest BCUT2D eigenvalue weighted by atomic mass is 14.8. The number of hydrogen-bond acceptors (Lipinski definition) is 2. The maximum atomic E-state index is 5.72. The first-order valence-corrected chi connectivity index (χ1v) is 3.95. The van der Waals surface area contributed by atoms with Crippen LogP contribution < -0.4 is 5.73 Å². The molecule has 64 valence electrons. The van der Waals surface area contributed by atoms with Gasteiger partial charge < -0.3 is 5.73 Å². The van der Waals surface area contributed by atoms with Gasteiger partial charge in [-0.3, -0.25) is 0 Å². The zero-order chi connectivity index (χ0) is 9.14. The average Bonchev–Trinajstić information content (AvgIpc) is 1.97. The topological polar surface area (TPSA) is 38.9 Å². The van der Waals surface area contributed by atoms with E-state index in [2.05, 4.69) is 11.6 Å². The molecule has 0 amide bonds. The molecule has 1 rings (SSSR count). The van der Waals surface area contributed by atoms with Gasteiger partial charge in [0.25, 0.3) is 0 Å². The highest BCUT2D eigenvalue weighted by Gasteiger charge is 2.02. The summed E-state index contributed by atoms with van der Waals surface area (Å²) in [5, 5.41) is 0. The Hall–Kier alpha value is -1.31. The highest BCUT2D eigenvalue weighted by molar-refractivity contribution is 5.45. The second-order valence-electron chi connectivity index (χ2n) is 3.13. The molecule has 2 N–H and O–H groups in total. The van der Waals surface area contributed by atoms with Gasteiger partial charge in [0.2, 0.25) is 0 Å². The molecule has 0 aliphatic rings. The van der Waals surface area contributed by atoms with E-state index in [-0.39, 0.29) is 0 Å². The fraction of sp³-hybridized carbons (Fsp3) is 0.300. The standard InChI is InChI=1S/C10H14N2/c1-7(2)6-9-8(3)4-5-12-10(9)11/h4-5H,1,6H2,2-3H3,(H2,11,12). The molecule has 1 aromatic heterocycles. The molecule has 0 bridgehead atoms. The molecule has 1 heterocycles. The predicted octanol–water partition coefficient (Wildman–Crippen LogP) is 2.09. The summed E-state index contributed by atoms with van der Waals surface area (Å²) in [5.41, 5.74) is 9.11. The van der Waals surface area contributed by atoms with Gasteiger partial charge in [-0.25, -0.2) is 4.98 Å². The lowest BCUT2D eigenvalue weighted by Gasteiger charge is -2.07. The molecule has 0 radical (unpaired) electrons. The molecule has 0 spiro atoms. The minimum atomic E-state index is 0.623. The third kappa shape index (κ3) is 1.84. The van der Waals surface area contributed by atoms with E-state index >= 15 is 0 Å². The summed E-state index contributed by atoms with van der Waals surface area (Å²) in [7, 11) is 0. The SMILES string of the molecule is C=C(C)Cc1c(C)ccnc1N. The number of nitrogens with two attached hydrogens (primary N) is 1. The zero-order valence-electron chi connectivity index (χ0n) is 7.59. The lowest BCUT2D eigenvalue weighted by atomic mass is 10.0.